The first-order chi connectivity index (χ1) is 13.9. The predicted molar refractivity (Wildman–Crippen MR) is 109 cm³/mol. The Bertz CT molecular complexity index is 910. The Labute approximate surface area is 171 Å². The van der Waals surface area contributed by atoms with E-state index in [9.17, 15) is 9.59 Å². The molecule has 0 spiro atoms. The molecule has 1 fully saturated rings. The topological polar surface area (TPSA) is 77.5 Å². The Morgan fingerprint density at radius 1 is 1.03 bits per heavy atom. The summed E-state index contributed by atoms with van der Waals surface area (Å²) in [5, 5.41) is 8.89. The van der Waals surface area contributed by atoms with Gasteiger partial charge in [-0.3, -0.25) is 9.59 Å². The fourth-order valence-electron chi connectivity index (χ4n) is 3.71. The van der Waals surface area contributed by atoms with E-state index in [2.05, 4.69) is 6.92 Å². The Balaban J connectivity index is 1.68. The van der Waals surface area contributed by atoms with E-state index in [1.807, 2.05) is 49.1 Å². The number of furan rings is 1. The van der Waals surface area contributed by atoms with E-state index >= 15 is 0 Å². The van der Waals surface area contributed by atoms with E-state index < -0.39 is 0 Å². The van der Waals surface area contributed by atoms with E-state index in [-0.39, 0.29) is 35.4 Å². The maximum Gasteiger partial charge on any atom is 0.289 e. The average molecular weight is 393 g/mol. The zero-order chi connectivity index (χ0) is 21.0. The second-order valence-electron chi connectivity index (χ2n) is 7.69. The van der Waals surface area contributed by atoms with Crippen molar-refractivity contribution in [2.45, 2.75) is 52.1 Å². The van der Waals surface area contributed by atoms with Crippen LogP contribution < -0.4 is 0 Å². The monoisotopic (exact) mass is 393 g/mol. The van der Waals surface area contributed by atoms with Crippen LogP contribution in [0.15, 0.2) is 40.8 Å². The second-order valence-corrected chi connectivity index (χ2v) is 7.69. The number of benzene rings is 1. The summed E-state index contributed by atoms with van der Waals surface area (Å²) >= 11 is 0. The van der Waals surface area contributed by atoms with Gasteiger partial charge in [0.05, 0.1) is 0 Å². The van der Waals surface area contributed by atoms with Crippen molar-refractivity contribution in [2.75, 3.05) is 13.1 Å². The summed E-state index contributed by atoms with van der Waals surface area (Å²) in [5.74, 6) is 0.00905. The standard InChI is InChI=1S/C23H27N3O3/c1-4-5-6-18-7-9-19(10-8-18)22(27)25-14-17(3)26(15-16(25)2)23(28)21-12-11-20(13-24)29-21/h7-12,16-17H,4-6,14-15H2,1-3H3. The number of nitriles is 1. The highest BCUT2D eigenvalue weighted by Gasteiger charge is 2.36. The molecule has 0 saturated carbocycles. The molecule has 1 aromatic carbocycles. The Morgan fingerprint density at radius 3 is 2.21 bits per heavy atom. The molecule has 1 saturated heterocycles. The minimum absolute atomic E-state index is 0.0109. The molecule has 2 aromatic rings. The first kappa shape index (κ1) is 20.7. The number of rotatable bonds is 5. The van der Waals surface area contributed by atoms with Crippen molar-refractivity contribution >= 4 is 11.8 Å². The molecular formula is C23H27N3O3. The Morgan fingerprint density at radius 2 is 1.66 bits per heavy atom. The van der Waals surface area contributed by atoms with Crippen LogP contribution in [0.25, 0.3) is 0 Å². The van der Waals surface area contributed by atoms with Crippen LogP contribution in [-0.2, 0) is 6.42 Å². The summed E-state index contributed by atoms with van der Waals surface area (Å²) in [7, 11) is 0. The second kappa shape index (κ2) is 8.95. The number of hydrogen-bond acceptors (Lipinski definition) is 4. The van der Waals surface area contributed by atoms with Crippen molar-refractivity contribution in [1.82, 2.24) is 9.80 Å². The number of nitrogens with zero attached hydrogens (tertiary/aromatic N) is 3. The third kappa shape index (κ3) is 4.51. The first-order valence-electron chi connectivity index (χ1n) is 10.2. The summed E-state index contributed by atoms with van der Waals surface area (Å²) in [4.78, 5) is 29.4. The summed E-state index contributed by atoms with van der Waals surface area (Å²) in [6, 6.07) is 12.5. The van der Waals surface area contributed by atoms with Crippen LogP contribution in [-0.4, -0.2) is 46.8 Å². The van der Waals surface area contributed by atoms with E-state index in [1.54, 1.807) is 4.90 Å². The van der Waals surface area contributed by atoms with Gasteiger partial charge in [0.15, 0.2) is 5.76 Å². The number of piperazine rings is 1. The lowest BCUT2D eigenvalue weighted by atomic mass is 10.0. The number of aryl methyl sites for hydroxylation is 1. The lowest BCUT2D eigenvalue weighted by Gasteiger charge is -2.43. The predicted octanol–water partition coefficient (Wildman–Crippen LogP) is 3.87. The minimum Gasteiger partial charge on any atom is -0.440 e. The molecule has 0 bridgehead atoms. The number of amides is 2. The van der Waals surface area contributed by atoms with Crippen molar-refractivity contribution in [3.8, 4) is 6.07 Å². The lowest BCUT2D eigenvalue weighted by Crippen LogP contribution is -2.59. The molecule has 2 amide bonds. The fourth-order valence-corrected chi connectivity index (χ4v) is 3.71. The quantitative estimate of drug-likeness (QED) is 0.773. The average Bonchev–Trinajstić information content (AvgIpc) is 3.22. The molecule has 152 valence electrons. The van der Waals surface area contributed by atoms with Gasteiger partial charge in [-0.15, -0.1) is 0 Å². The van der Waals surface area contributed by atoms with Crippen LogP contribution in [0.5, 0.6) is 0 Å². The van der Waals surface area contributed by atoms with Crippen molar-refractivity contribution in [2.24, 2.45) is 0 Å². The lowest BCUT2D eigenvalue weighted by molar-refractivity contribution is 0.0253. The number of carbonyl (C=O) groups excluding carboxylic acids is 2. The van der Waals surface area contributed by atoms with Crippen LogP contribution in [0.1, 0.15) is 65.8 Å². The van der Waals surface area contributed by atoms with Crippen molar-refractivity contribution in [1.29, 1.82) is 5.26 Å². The van der Waals surface area contributed by atoms with Gasteiger partial charge in [0.2, 0.25) is 5.76 Å². The first-order valence-corrected chi connectivity index (χ1v) is 10.2. The van der Waals surface area contributed by atoms with Gasteiger partial charge in [-0.05, 0) is 56.5 Å². The molecule has 3 rings (SSSR count). The smallest absolute Gasteiger partial charge is 0.289 e. The third-order valence-corrected chi connectivity index (χ3v) is 5.45. The molecular weight excluding hydrogens is 366 g/mol. The Kier molecular flexibility index (Phi) is 6.38. The van der Waals surface area contributed by atoms with E-state index in [1.165, 1.54) is 17.7 Å². The van der Waals surface area contributed by atoms with Gasteiger partial charge in [0.25, 0.3) is 11.8 Å². The molecule has 6 nitrogen and oxygen atoms in total. The number of unbranched alkanes of at least 4 members (excludes halogenated alkanes) is 1. The highest BCUT2D eigenvalue weighted by Crippen LogP contribution is 2.21. The number of hydrogen-bond donors (Lipinski definition) is 0. The van der Waals surface area contributed by atoms with Gasteiger partial charge in [-0.2, -0.15) is 5.26 Å². The van der Waals surface area contributed by atoms with Gasteiger partial charge in [-0.25, -0.2) is 0 Å². The largest absolute Gasteiger partial charge is 0.440 e. The molecule has 2 heterocycles. The molecule has 1 aromatic heterocycles. The fraction of sp³-hybridized carbons (Fsp3) is 0.435. The Hall–Kier alpha value is -3.07. The zero-order valence-corrected chi connectivity index (χ0v) is 17.2. The van der Waals surface area contributed by atoms with Gasteiger partial charge in [-0.1, -0.05) is 25.5 Å². The molecule has 2 unspecified atom stereocenters. The number of carbonyl (C=O) groups is 2. The summed E-state index contributed by atoms with van der Waals surface area (Å²) < 4.78 is 5.28. The third-order valence-electron chi connectivity index (χ3n) is 5.45. The van der Waals surface area contributed by atoms with Crippen LogP contribution in [0.4, 0.5) is 0 Å². The molecule has 1 aliphatic rings. The summed E-state index contributed by atoms with van der Waals surface area (Å²) in [6.45, 7) is 6.91. The van der Waals surface area contributed by atoms with E-state index in [0.717, 1.165) is 19.3 Å². The molecule has 6 heteroatoms. The van der Waals surface area contributed by atoms with Gasteiger partial charge >= 0.3 is 0 Å². The van der Waals surface area contributed by atoms with Crippen LogP contribution in [0.2, 0.25) is 0 Å². The van der Waals surface area contributed by atoms with Crippen molar-refractivity contribution < 1.29 is 14.0 Å². The minimum atomic E-state index is -0.252. The van der Waals surface area contributed by atoms with E-state index in [4.69, 9.17) is 9.68 Å². The van der Waals surface area contributed by atoms with E-state index in [0.29, 0.717) is 18.7 Å². The highest BCUT2D eigenvalue weighted by molar-refractivity contribution is 5.95. The van der Waals surface area contributed by atoms with Crippen LogP contribution in [0.3, 0.4) is 0 Å². The van der Waals surface area contributed by atoms with Crippen molar-refractivity contribution in [3.63, 3.8) is 0 Å². The maximum atomic E-state index is 13.0. The maximum absolute atomic E-state index is 13.0. The molecule has 0 N–H and O–H groups in total. The van der Waals surface area contributed by atoms with Gasteiger partial charge in [0, 0.05) is 30.7 Å². The molecule has 0 aliphatic carbocycles. The highest BCUT2D eigenvalue weighted by atomic mass is 16.4. The summed E-state index contributed by atoms with van der Waals surface area (Å²) in [6.07, 6.45) is 3.32. The SMILES string of the molecule is CCCCc1ccc(C(=O)N2CC(C)N(C(=O)c3ccc(C#N)o3)CC2C)cc1. The van der Waals surface area contributed by atoms with Crippen LogP contribution in [0, 0.1) is 11.3 Å². The van der Waals surface area contributed by atoms with Crippen LogP contribution >= 0.6 is 0 Å². The van der Waals surface area contributed by atoms with Gasteiger partial charge < -0.3 is 14.2 Å². The van der Waals surface area contributed by atoms with Crippen molar-refractivity contribution in [3.05, 3.63) is 59.0 Å². The zero-order valence-electron chi connectivity index (χ0n) is 17.2. The normalized spacial score (nSPS) is 19.1. The van der Waals surface area contributed by atoms with Gasteiger partial charge in [0.1, 0.15) is 6.07 Å². The molecule has 29 heavy (non-hydrogen) atoms. The molecule has 1 aliphatic heterocycles. The molecule has 0 radical (unpaired) electrons. The summed E-state index contributed by atoms with van der Waals surface area (Å²) in [5.41, 5.74) is 1.92. The molecule has 2 atom stereocenters.